The maximum Gasteiger partial charge on any atom is 0.387 e. The molecule has 5 nitrogen and oxygen atoms in total. The molecule has 1 amide bonds. The van der Waals surface area contributed by atoms with Gasteiger partial charge in [-0.3, -0.25) is 9.59 Å². The summed E-state index contributed by atoms with van der Waals surface area (Å²) in [5, 5.41) is 0. The third-order valence-electron chi connectivity index (χ3n) is 3.26. The Morgan fingerprint density at radius 2 is 1.80 bits per heavy atom. The van der Waals surface area contributed by atoms with Crippen LogP contribution in [0.1, 0.15) is 5.56 Å². The number of ether oxygens (including phenoxy) is 2. The summed E-state index contributed by atoms with van der Waals surface area (Å²) in [6.07, 6.45) is 2.86. The molecule has 0 saturated heterocycles. The van der Waals surface area contributed by atoms with Crippen LogP contribution in [0.5, 0.6) is 11.5 Å². The van der Waals surface area contributed by atoms with Crippen LogP contribution in [0, 0.1) is 0 Å². The summed E-state index contributed by atoms with van der Waals surface area (Å²) >= 11 is 0. The van der Waals surface area contributed by atoms with Crippen molar-refractivity contribution in [1.29, 1.82) is 0 Å². The molecule has 25 heavy (non-hydrogen) atoms. The van der Waals surface area contributed by atoms with Crippen molar-refractivity contribution in [3.8, 4) is 11.5 Å². The molecule has 7 heteroatoms. The van der Waals surface area contributed by atoms with Crippen molar-refractivity contribution in [2.75, 3.05) is 11.9 Å². The van der Waals surface area contributed by atoms with Gasteiger partial charge in [0, 0.05) is 13.1 Å². The summed E-state index contributed by atoms with van der Waals surface area (Å²) in [7, 11) is 1.54. The van der Waals surface area contributed by atoms with Crippen LogP contribution in [-0.4, -0.2) is 26.0 Å². The van der Waals surface area contributed by atoms with Crippen LogP contribution in [0.2, 0.25) is 0 Å². The average Bonchev–Trinajstić information content (AvgIpc) is 2.60. The van der Waals surface area contributed by atoms with Gasteiger partial charge in [0.25, 0.3) is 12.4 Å². The van der Waals surface area contributed by atoms with Gasteiger partial charge < -0.3 is 14.4 Å². The number of halogens is 2. The van der Waals surface area contributed by atoms with Gasteiger partial charge in [0.1, 0.15) is 5.75 Å². The molecule has 0 radical (unpaired) electrons. The van der Waals surface area contributed by atoms with Crippen LogP contribution in [0.15, 0.2) is 54.6 Å². The number of anilines is 1. The number of carbonyl (C=O) groups is 2. The quantitative estimate of drug-likeness (QED) is 0.568. The van der Waals surface area contributed by atoms with Crippen LogP contribution in [0.25, 0.3) is 6.08 Å². The number of benzene rings is 2. The lowest BCUT2D eigenvalue weighted by molar-refractivity contribution is -0.121. The molecular formula is C18H15F2NO4. The Morgan fingerprint density at radius 3 is 2.44 bits per heavy atom. The molecule has 0 fully saturated rings. The van der Waals surface area contributed by atoms with Gasteiger partial charge in [0.15, 0.2) is 5.75 Å². The van der Waals surface area contributed by atoms with Gasteiger partial charge in [-0.1, -0.05) is 24.3 Å². The van der Waals surface area contributed by atoms with Crippen molar-refractivity contribution in [2.45, 2.75) is 6.61 Å². The molecule has 130 valence electrons. The summed E-state index contributed by atoms with van der Waals surface area (Å²) in [6.45, 7) is -2.60. The zero-order valence-electron chi connectivity index (χ0n) is 13.3. The number of likely N-dealkylation sites (N-methyl/N-ethyl adjacent to an activating group) is 1. The largest absolute Gasteiger partial charge is 0.435 e. The number of carbonyl (C=O) groups excluding carboxylic acids is 2. The van der Waals surface area contributed by atoms with Crippen LogP contribution in [0.4, 0.5) is 14.5 Å². The highest BCUT2D eigenvalue weighted by Gasteiger charge is 2.13. The average molecular weight is 347 g/mol. The SMILES string of the molecule is CN(C(=O)/C=C/c1ccc(OC(F)F)cc1)c1ccccc1OC=O. The Bertz CT molecular complexity index is 760. The van der Waals surface area contributed by atoms with Crippen molar-refractivity contribution in [3.05, 3.63) is 60.2 Å². The molecule has 2 rings (SSSR count). The van der Waals surface area contributed by atoms with E-state index in [-0.39, 0.29) is 23.9 Å². The molecule has 0 aliphatic rings. The molecule has 0 aromatic heterocycles. The molecule has 0 N–H and O–H groups in total. The summed E-state index contributed by atoms with van der Waals surface area (Å²) in [4.78, 5) is 24.1. The molecule has 2 aromatic carbocycles. The molecule has 2 aromatic rings. The molecule has 0 spiro atoms. The highest BCUT2D eigenvalue weighted by molar-refractivity contribution is 6.04. The summed E-state index contributed by atoms with van der Waals surface area (Å²) in [5.74, 6) is -0.0550. The Balaban J connectivity index is 2.08. The molecular weight excluding hydrogens is 332 g/mol. The van der Waals surface area contributed by atoms with Crippen LogP contribution >= 0.6 is 0 Å². The first-order valence-electron chi connectivity index (χ1n) is 7.21. The van der Waals surface area contributed by atoms with E-state index in [0.717, 1.165) is 0 Å². The fraction of sp³-hybridized carbons (Fsp3) is 0.111. The topological polar surface area (TPSA) is 55.8 Å². The van der Waals surface area contributed by atoms with Crippen molar-refractivity contribution in [1.82, 2.24) is 0 Å². The maximum atomic E-state index is 12.3. The fourth-order valence-electron chi connectivity index (χ4n) is 2.04. The molecule has 0 unspecified atom stereocenters. The number of rotatable bonds is 7. The van der Waals surface area contributed by atoms with E-state index in [2.05, 4.69) is 4.74 Å². The second-order valence-electron chi connectivity index (χ2n) is 4.86. The molecule has 0 heterocycles. The number of para-hydroxylation sites is 2. The Hall–Kier alpha value is -3.22. The predicted molar refractivity (Wildman–Crippen MR) is 88.7 cm³/mol. The number of hydrogen-bond donors (Lipinski definition) is 0. The molecule has 0 atom stereocenters. The molecule has 0 saturated carbocycles. The Labute approximate surface area is 143 Å². The van der Waals surface area contributed by atoms with E-state index in [1.165, 1.54) is 29.2 Å². The van der Waals surface area contributed by atoms with E-state index in [1.54, 1.807) is 43.4 Å². The number of alkyl halides is 2. The number of amides is 1. The zero-order chi connectivity index (χ0) is 18.2. The van der Waals surface area contributed by atoms with Gasteiger partial charge in [-0.2, -0.15) is 8.78 Å². The monoisotopic (exact) mass is 347 g/mol. The van der Waals surface area contributed by atoms with Crippen molar-refractivity contribution < 1.29 is 27.8 Å². The smallest absolute Gasteiger partial charge is 0.387 e. The van der Waals surface area contributed by atoms with Gasteiger partial charge in [-0.25, -0.2) is 0 Å². The van der Waals surface area contributed by atoms with E-state index >= 15 is 0 Å². The van der Waals surface area contributed by atoms with Gasteiger partial charge >= 0.3 is 6.61 Å². The minimum atomic E-state index is -2.88. The molecule has 0 bridgehead atoms. The van der Waals surface area contributed by atoms with E-state index in [9.17, 15) is 18.4 Å². The Kier molecular flexibility index (Phi) is 6.22. The summed E-state index contributed by atoms with van der Waals surface area (Å²) < 4.78 is 33.3. The lowest BCUT2D eigenvalue weighted by Gasteiger charge is -2.17. The first-order valence-corrected chi connectivity index (χ1v) is 7.21. The van der Waals surface area contributed by atoms with Crippen LogP contribution in [0.3, 0.4) is 0 Å². The summed E-state index contributed by atoms with van der Waals surface area (Å²) in [6, 6.07) is 12.5. The van der Waals surface area contributed by atoms with Crippen molar-refractivity contribution in [2.24, 2.45) is 0 Å². The van der Waals surface area contributed by atoms with Gasteiger partial charge in [0.2, 0.25) is 0 Å². The lowest BCUT2D eigenvalue weighted by atomic mass is 10.2. The van der Waals surface area contributed by atoms with Crippen molar-refractivity contribution >= 4 is 24.1 Å². The van der Waals surface area contributed by atoms with E-state index in [0.29, 0.717) is 11.3 Å². The van der Waals surface area contributed by atoms with E-state index in [1.807, 2.05) is 0 Å². The van der Waals surface area contributed by atoms with E-state index < -0.39 is 6.61 Å². The number of hydrogen-bond acceptors (Lipinski definition) is 4. The third kappa shape index (κ3) is 5.13. The maximum absolute atomic E-state index is 12.3. The molecule has 0 aliphatic heterocycles. The van der Waals surface area contributed by atoms with Crippen LogP contribution in [-0.2, 0) is 9.59 Å². The second-order valence-corrected chi connectivity index (χ2v) is 4.86. The van der Waals surface area contributed by atoms with Gasteiger partial charge in [0.05, 0.1) is 5.69 Å². The fourth-order valence-corrected chi connectivity index (χ4v) is 2.04. The first-order chi connectivity index (χ1) is 12.0. The van der Waals surface area contributed by atoms with Crippen molar-refractivity contribution in [3.63, 3.8) is 0 Å². The normalized spacial score (nSPS) is 10.7. The highest BCUT2D eigenvalue weighted by atomic mass is 19.3. The number of nitrogens with zero attached hydrogens (tertiary/aromatic N) is 1. The third-order valence-corrected chi connectivity index (χ3v) is 3.26. The van der Waals surface area contributed by atoms with Gasteiger partial charge in [-0.15, -0.1) is 0 Å². The predicted octanol–water partition coefficient (Wildman–Crippen LogP) is 3.50. The first kappa shape index (κ1) is 18.1. The zero-order valence-corrected chi connectivity index (χ0v) is 13.3. The Morgan fingerprint density at radius 1 is 1.12 bits per heavy atom. The van der Waals surface area contributed by atoms with E-state index in [4.69, 9.17) is 4.74 Å². The minimum absolute atomic E-state index is 0.0375. The molecule has 0 aliphatic carbocycles. The second kappa shape index (κ2) is 8.58. The minimum Gasteiger partial charge on any atom is -0.435 e. The van der Waals surface area contributed by atoms with Crippen LogP contribution < -0.4 is 14.4 Å². The standard InChI is InChI=1S/C18H15F2NO4/c1-21(15-4-2-3-5-16(15)24-12-22)17(23)11-8-13-6-9-14(10-7-13)25-18(19)20/h2-12,18H,1H3/b11-8+. The van der Waals surface area contributed by atoms with Gasteiger partial charge in [-0.05, 0) is 35.9 Å². The lowest BCUT2D eigenvalue weighted by Crippen LogP contribution is -2.24. The summed E-state index contributed by atoms with van der Waals surface area (Å²) in [5.41, 5.74) is 1.07. The highest BCUT2D eigenvalue weighted by Crippen LogP contribution is 2.27.